The molecule has 1 heterocycles. The van der Waals surface area contributed by atoms with Crippen LogP contribution in [0, 0.1) is 6.92 Å². The zero-order chi connectivity index (χ0) is 17.5. The smallest absolute Gasteiger partial charge is 0.131 e. The lowest BCUT2D eigenvalue weighted by molar-refractivity contribution is 0.146. The Balaban J connectivity index is 1.65. The second-order valence-corrected chi connectivity index (χ2v) is 5.71. The summed E-state index contributed by atoms with van der Waals surface area (Å²) in [6.07, 6.45) is 3.79. The van der Waals surface area contributed by atoms with Gasteiger partial charge < -0.3 is 19.5 Å². The maximum Gasteiger partial charge on any atom is 0.131 e. The summed E-state index contributed by atoms with van der Waals surface area (Å²) in [5, 5.41) is 3.36. The van der Waals surface area contributed by atoms with E-state index in [-0.39, 0.29) is 0 Å². The quantitative estimate of drug-likeness (QED) is 0.733. The van der Waals surface area contributed by atoms with Crippen molar-refractivity contribution < 1.29 is 14.2 Å². The Kier molecular flexibility index (Phi) is 5.69. The average Bonchev–Trinajstić information content (AvgIpc) is 3.11. The van der Waals surface area contributed by atoms with Crippen molar-refractivity contribution in [2.45, 2.75) is 6.92 Å². The number of nitrogens with zero attached hydrogens (tertiary/aromatic N) is 1. The molecule has 0 unspecified atom stereocenters. The minimum absolute atomic E-state index is 0.513. The van der Waals surface area contributed by atoms with E-state index in [1.807, 2.05) is 55.6 Å². The van der Waals surface area contributed by atoms with Gasteiger partial charge in [0.05, 0.1) is 13.2 Å². The molecule has 2 aromatic carbocycles. The van der Waals surface area contributed by atoms with E-state index in [4.69, 9.17) is 14.2 Å². The van der Waals surface area contributed by atoms with Gasteiger partial charge in [0.1, 0.15) is 23.9 Å². The van der Waals surface area contributed by atoms with Gasteiger partial charge in [0, 0.05) is 30.8 Å². The standard InChI is InChI=1S/C20H22N2O3/c1-15-12-16(22-17-8-9-21-14-17)6-7-20(15)25-19-5-3-4-18(13-19)24-11-10-23-2/h3-9,12-13,22H,10-11,14H2,1-2H3. The van der Waals surface area contributed by atoms with Crippen LogP contribution in [-0.4, -0.2) is 33.1 Å². The normalized spacial score (nSPS) is 12.8. The maximum absolute atomic E-state index is 6.00. The Bertz CT molecular complexity index is 784. The fraction of sp³-hybridized carbons (Fsp3) is 0.250. The molecule has 5 nitrogen and oxygen atoms in total. The van der Waals surface area contributed by atoms with E-state index in [1.54, 1.807) is 7.11 Å². The highest BCUT2D eigenvalue weighted by molar-refractivity contribution is 5.76. The molecule has 2 aromatic rings. The molecule has 0 amide bonds. The van der Waals surface area contributed by atoms with Gasteiger partial charge in [-0.25, -0.2) is 0 Å². The zero-order valence-corrected chi connectivity index (χ0v) is 14.5. The minimum atomic E-state index is 0.513. The fourth-order valence-electron chi connectivity index (χ4n) is 2.45. The number of ether oxygens (including phenoxy) is 3. The highest BCUT2D eigenvalue weighted by Crippen LogP contribution is 2.29. The molecule has 3 rings (SSSR count). The lowest BCUT2D eigenvalue weighted by atomic mass is 10.2. The molecule has 0 saturated heterocycles. The summed E-state index contributed by atoms with van der Waals surface area (Å²) in [4.78, 5) is 4.17. The van der Waals surface area contributed by atoms with Crippen LogP contribution in [0.25, 0.3) is 0 Å². The van der Waals surface area contributed by atoms with E-state index in [0.717, 1.165) is 34.2 Å². The van der Waals surface area contributed by atoms with E-state index in [0.29, 0.717) is 19.8 Å². The van der Waals surface area contributed by atoms with Gasteiger partial charge in [-0.05, 0) is 48.9 Å². The molecule has 0 bridgehead atoms. The van der Waals surface area contributed by atoms with Gasteiger partial charge in [-0.1, -0.05) is 6.07 Å². The van der Waals surface area contributed by atoms with Crippen LogP contribution in [-0.2, 0) is 4.74 Å². The van der Waals surface area contributed by atoms with E-state index < -0.39 is 0 Å². The van der Waals surface area contributed by atoms with Crippen LogP contribution < -0.4 is 14.8 Å². The Morgan fingerprint density at radius 3 is 2.72 bits per heavy atom. The van der Waals surface area contributed by atoms with Crippen molar-refractivity contribution in [2.24, 2.45) is 4.99 Å². The van der Waals surface area contributed by atoms with Gasteiger partial charge >= 0.3 is 0 Å². The summed E-state index contributed by atoms with van der Waals surface area (Å²) in [5.41, 5.74) is 3.17. The lowest BCUT2D eigenvalue weighted by Crippen LogP contribution is -2.04. The van der Waals surface area contributed by atoms with Crippen molar-refractivity contribution in [3.8, 4) is 17.2 Å². The molecule has 0 radical (unpaired) electrons. The van der Waals surface area contributed by atoms with E-state index in [9.17, 15) is 0 Å². The number of allylic oxidation sites excluding steroid dienone is 1. The Morgan fingerprint density at radius 1 is 1.08 bits per heavy atom. The summed E-state index contributed by atoms with van der Waals surface area (Å²) in [6, 6.07) is 13.6. The number of hydrogen-bond acceptors (Lipinski definition) is 5. The van der Waals surface area contributed by atoms with Crippen LogP contribution in [0.1, 0.15) is 5.56 Å². The average molecular weight is 338 g/mol. The monoisotopic (exact) mass is 338 g/mol. The first-order valence-electron chi connectivity index (χ1n) is 8.21. The molecule has 1 aliphatic rings. The van der Waals surface area contributed by atoms with Crippen molar-refractivity contribution in [3.05, 3.63) is 59.8 Å². The number of aryl methyl sites for hydroxylation is 1. The van der Waals surface area contributed by atoms with Crippen molar-refractivity contribution in [2.75, 3.05) is 32.2 Å². The molecule has 1 N–H and O–H groups in total. The van der Waals surface area contributed by atoms with E-state index >= 15 is 0 Å². The number of nitrogens with one attached hydrogen (secondary N) is 1. The van der Waals surface area contributed by atoms with Gasteiger partial charge in [-0.3, -0.25) is 4.99 Å². The summed E-state index contributed by atoms with van der Waals surface area (Å²) < 4.78 is 16.6. The van der Waals surface area contributed by atoms with Crippen LogP contribution in [0.5, 0.6) is 17.2 Å². The van der Waals surface area contributed by atoms with Gasteiger partial charge in [0.15, 0.2) is 0 Å². The second-order valence-electron chi connectivity index (χ2n) is 5.71. The largest absolute Gasteiger partial charge is 0.491 e. The SMILES string of the molecule is COCCOc1cccc(Oc2ccc(NC3=CC=NC3)cc2C)c1. The van der Waals surface area contributed by atoms with Crippen LogP contribution >= 0.6 is 0 Å². The van der Waals surface area contributed by atoms with Crippen molar-refractivity contribution in [1.82, 2.24) is 0 Å². The Morgan fingerprint density at radius 2 is 1.96 bits per heavy atom. The van der Waals surface area contributed by atoms with Crippen LogP contribution in [0.15, 0.2) is 59.2 Å². The Labute approximate surface area is 147 Å². The molecule has 0 fully saturated rings. The third-order valence-corrected chi connectivity index (χ3v) is 3.71. The third kappa shape index (κ3) is 4.84. The molecule has 1 aliphatic heterocycles. The number of hydrogen-bond donors (Lipinski definition) is 1. The van der Waals surface area contributed by atoms with Crippen molar-refractivity contribution in [1.29, 1.82) is 0 Å². The minimum Gasteiger partial charge on any atom is -0.491 e. The van der Waals surface area contributed by atoms with Gasteiger partial charge in [0.2, 0.25) is 0 Å². The molecule has 0 spiro atoms. The second kappa shape index (κ2) is 8.35. The van der Waals surface area contributed by atoms with Crippen LogP contribution in [0.3, 0.4) is 0 Å². The van der Waals surface area contributed by atoms with Gasteiger partial charge in [-0.15, -0.1) is 0 Å². The van der Waals surface area contributed by atoms with E-state index in [2.05, 4.69) is 16.4 Å². The molecule has 0 saturated carbocycles. The van der Waals surface area contributed by atoms with Crippen LogP contribution in [0.4, 0.5) is 5.69 Å². The molecule has 0 aromatic heterocycles. The topological polar surface area (TPSA) is 52.1 Å². The van der Waals surface area contributed by atoms with Gasteiger partial charge in [-0.2, -0.15) is 0 Å². The number of aliphatic imine (C=N–C) groups is 1. The first-order valence-corrected chi connectivity index (χ1v) is 8.21. The van der Waals surface area contributed by atoms with Crippen molar-refractivity contribution in [3.63, 3.8) is 0 Å². The lowest BCUT2D eigenvalue weighted by Gasteiger charge is -2.13. The summed E-state index contributed by atoms with van der Waals surface area (Å²) in [5.74, 6) is 2.32. The maximum atomic E-state index is 6.00. The summed E-state index contributed by atoms with van der Waals surface area (Å²) in [7, 11) is 1.65. The molecular weight excluding hydrogens is 316 g/mol. The fourth-order valence-corrected chi connectivity index (χ4v) is 2.45. The molecule has 130 valence electrons. The predicted molar refractivity (Wildman–Crippen MR) is 100 cm³/mol. The molecule has 0 atom stereocenters. The zero-order valence-electron chi connectivity index (χ0n) is 14.5. The van der Waals surface area contributed by atoms with Gasteiger partial charge in [0.25, 0.3) is 0 Å². The molecule has 25 heavy (non-hydrogen) atoms. The predicted octanol–water partition coefficient (Wildman–Crippen LogP) is 4.19. The Hall–Kier alpha value is -2.79. The van der Waals surface area contributed by atoms with Crippen LogP contribution in [0.2, 0.25) is 0 Å². The number of rotatable bonds is 8. The highest BCUT2D eigenvalue weighted by atomic mass is 16.5. The molecule has 0 aliphatic carbocycles. The summed E-state index contributed by atoms with van der Waals surface area (Å²) >= 11 is 0. The molecular formula is C20H22N2O3. The highest BCUT2D eigenvalue weighted by Gasteiger charge is 2.06. The summed E-state index contributed by atoms with van der Waals surface area (Å²) in [6.45, 7) is 3.80. The number of benzene rings is 2. The first-order chi connectivity index (χ1) is 12.2. The molecule has 5 heteroatoms. The van der Waals surface area contributed by atoms with E-state index in [1.165, 1.54) is 0 Å². The number of methoxy groups -OCH3 is 1. The van der Waals surface area contributed by atoms with Crippen molar-refractivity contribution >= 4 is 11.9 Å². The first kappa shape index (κ1) is 17.0. The number of anilines is 1. The third-order valence-electron chi connectivity index (χ3n) is 3.71.